The third kappa shape index (κ3) is 2.74. The van der Waals surface area contributed by atoms with Gasteiger partial charge in [0.15, 0.2) is 5.71 Å². The minimum atomic E-state index is -4.69. The summed E-state index contributed by atoms with van der Waals surface area (Å²) < 4.78 is 42.5. The lowest BCUT2D eigenvalue weighted by Gasteiger charge is -2.09. The number of halogens is 5. The van der Waals surface area contributed by atoms with Gasteiger partial charge in [-0.05, 0) is 18.2 Å². The Labute approximate surface area is 116 Å². The van der Waals surface area contributed by atoms with Crippen molar-refractivity contribution in [3.63, 3.8) is 0 Å². The predicted molar refractivity (Wildman–Crippen MR) is 64.3 cm³/mol. The maximum absolute atomic E-state index is 12.4. The summed E-state index contributed by atoms with van der Waals surface area (Å²) in [6.07, 6.45) is -7.11. The second-order valence-corrected chi connectivity index (χ2v) is 5.27. The van der Waals surface area contributed by atoms with Crippen LogP contribution < -0.4 is 0 Å². The minimum Gasteiger partial charge on any atom is -0.425 e. The number of ether oxygens (including phenoxy) is 1. The van der Waals surface area contributed by atoms with Crippen molar-refractivity contribution in [3.05, 3.63) is 32.7 Å². The lowest BCUT2D eigenvalue weighted by molar-refractivity contribution is -0.210. The molecule has 0 fully saturated rings. The molecular formula is C10H4Br2F3NO2. The molecule has 1 atom stereocenters. The molecule has 1 unspecified atom stereocenters. The average molecular weight is 387 g/mol. The molecule has 1 aliphatic rings. The molecule has 0 saturated carbocycles. The van der Waals surface area contributed by atoms with Gasteiger partial charge in [-0.15, -0.1) is 0 Å². The van der Waals surface area contributed by atoms with Crippen LogP contribution >= 0.6 is 31.9 Å². The van der Waals surface area contributed by atoms with E-state index in [1.807, 2.05) is 0 Å². The first-order valence-corrected chi connectivity index (χ1v) is 6.18. The number of benzene rings is 1. The molecule has 3 nitrogen and oxygen atoms in total. The Kier molecular flexibility index (Phi) is 3.50. The molecule has 96 valence electrons. The van der Waals surface area contributed by atoms with Crippen LogP contribution in [0.25, 0.3) is 0 Å². The van der Waals surface area contributed by atoms with Gasteiger partial charge in [0, 0.05) is 14.5 Å². The molecule has 8 heteroatoms. The first kappa shape index (κ1) is 13.5. The molecule has 1 aliphatic heterocycles. The molecule has 0 aromatic heterocycles. The number of nitrogens with zero attached hydrogens (tertiary/aromatic N) is 1. The summed E-state index contributed by atoms with van der Waals surface area (Å²) in [7, 11) is 0. The van der Waals surface area contributed by atoms with Crippen LogP contribution in [0.4, 0.5) is 13.2 Å². The molecule has 1 aromatic carbocycles. The third-order valence-electron chi connectivity index (χ3n) is 2.07. The van der Waals surface area contributed by atoms with Gasteiger partial charge in [-0.25, -0.2) is 9.79 Å². The number of carbonyl (C=O) groups excluding carboxylic acids is 1. The van der Waals surface area contributed by atoms with Crippen LogP contribution in [0.5, 0.6) is 0 Å². The highest BCUT2D eigenvalue weighted by Gasteiger charge is 2.47. The summed E-state index contributed by atoms with van der Waals surface area (Å²) in [5.41, 5.74) is -0.0766. The largest absolute Gasteiger partial charge is 0.447 e. The topological polar surface area (TPSA) is 38.7 Å². The average Bonchev–Trinajstić information content (AvgIpc) is 2.58. The molecule has 0 bridgehead atoms. The minimum absolute atomic E-state index is 0.257. The molecule has 0 saturated heterocycles. The van der Waals surface area contributed by atoms with Crippen LogP contribution in [0.1, 0.15) is 5.56 Å². The van der Waals surface area contributed by atoms with Gasteiger partial charge >= 0.3 is 12.1 Å². The van der Waals surface area contributed by atoms with Crippen LogP contribution in [-0.4, -0.2) is 24.1 Å². The highest BCUT2D eigenvalue weighted by molar-refractivity contribution is 9.11. The summed E-state index contributed by atoms with van der Waals surface area (Å²) in [6, 6.07) is 4.67. The van der Waals surface area contributed by atoms with Crippen molar-refractivity contribution >= 4 is 43.5 Å². The summed E-state index contributed by atoms with van der Waals surface area (Å²) in [5, 5.41) is 0. The standard InChI is InChI=1S/C10H4Br2F3NO2/c11-5-1-4(2-6(12)3-5)7-8(17)18-9(16-7)10(13,14)15/h1-3,9H. The number of aliphatic imine (C=N–C) groups is 1. The number of cyclic esters (lactones) is 1. The van der Waals surface area contributed by atoms with E-state index in [9.17, 15) is 18.0 Å². The summed E-state index contributed by atoms with van der Waals surface area (Å²) >= 11 is 6.35. The van der Waals surface area contributed by atoms with Crippen LogP contribution in [0.15, 0.2) is 32.1 Å². The van der Waals surface area contributed by atoms with E-state index < -0.39 is 18.4 Å². The van der Waals surface area contributed by atoms with E-state index in [1.54, 1.807) is 6.07 Å². The Morgan fingerprint density at radius 2 is 1.72 bits per heavy atom. The van der Waals surface area contributed by atoms with Crippen molar-refractivity contribution in [2.45, 2.75) is 12.4 Å². The molecule has 1 aromatic rings. The second kappa shape index (κ2) is 4.65. The molecule has 1 heterocycles. The molecule has 0 radical (unpaired) electrons. The van der Waals surface area contributed by atoms with Crippen LogP contribution in [-0.2, 0) is 9.53 Å². The first-order chi connectivity index (χ1) is 8.27. The fraction of sp³-hybridized carbons (Fsp3) is 0.200. The molecule has 0 spiro atoms. The van der Waals surface area contributed by atoms with Crippen molar-refractivity contribution < 1.29 is 22.7 Å². The second-order valence-electron chi connectivity index (χ2n) is 3.44. The first-order valence-electron chi connectivity index (χ1n) is 4.59. The van der Waals surface area contributed by atoms with E-state index in [0.29, 0.717) is 8.95 Å². The lowest BCUT2D eigenvalue weighted by Crippen LogP contribution is -2.27. The van der Waals surface area contributed by atoms with Gasteiger partial charge in [-0.3, -0.25) is 0 Å². The van der Waals surface area contributed by atoms with E-state index in [-0.39, 0.29) is 11.3 Å². The Morgan fingerprint density at radius 1 is 1.17 bits per heavy atom. The highest BCUT2D eigenvalue weighted by Crippen LogP contribution is 2.29. The number of carbonyl (C=O) groups is 1. The molecule has 0 amide bonds. The van der Waals surface area contributed by atoms with Gasteiger partial charge in [0.1, 0.15) is 0 Å². The van der Waals surface area contributed by atoms with Crippen LogP contribution in [0.2, 0.25) is 0 Å². The Morgan fingerprint density at radius 3 is 2.17 bits per heavy atom. The monoisotopic (exact) mass is 385 g/mol. The quantitative estimate of drug-likeness (QED) is 0.693. The van der Waals surface area contributed by atoms with Crippen molar-refractivity contribution in [1.29, 1.82) is 0 Å². The summed E-state index contributed by atoms with van der Waals surface area (Å²) in [6.45, 7) is 0. The van der Waals surface area contributed by atoms with E-state index in [1.165, 1.54) is 12.1 Å². The fourth-order valence-corrected chi connectivity index (χ4v) is 2.67. The van der Waals surface area contributed by atoms with Crippen LogP contribution in [0.3, 0.4) is 0 Å². The number of alkyl halides is 3. The van der Waals surface area contributed by atoms with Crippen molar-refractivity contribution in [2.24, 2.45) is 4.99 Å². The van der Waals surface area contributed by atoms with Crippen molar-refractivity contribution in [1.82, 2.24) is 0 Å². The fourth-order valence-electron chi connectivity index (χ4n) is 1.38. The number of hydrogen-bond donors (Lipinski definition) is 0. The van der Waals surface area contributed by atoms with Gasteiger partial charge in [0.05, 0.1) is 0 Å². The normalized spacial score (nSPS) is 19.7. The van der Waals surface area contributed by atoms with Gasteiger partial charge < -0.3 is 4.74 Å². The van der Waals surface area contributed by atoms with Gasteiger partial charge in [0.2, 0.25) is 0 Å². The van der Waals surface area contributed by atoms with Gasteiger partial charge in [0.25, 0.3) is 6.23 Å². The number of esters is 1. The van der Waals surface area contributed by atoms with Gasteiger partial charge in [-0.2, -0.15) is 13.2 Å². The zero-order valence-corrected chi connectivity index (χ0v) is 11.6. The molecule has 2 rings (SSSR count). The maximum atomic E-state index is 12.4. The Bertz CT molecular complexity index is 522. The van der Waals surface area contributed by atoms with E-state index in [0.717, 1.165) is 0 Å². The Hall–Kier alpha value is -0.890. The van der Waals surface area contributed by atoms with Crippen molar-refractivity contribution in [3.8, 4) is 0 Å². The van der Waals surface area contributed by atoms with Crippen molar-refractivity contribution in [2.75, 3.05) is 0 Å². The smallest absolute Gasteiger partial charge is 0.425 e. The van der Waals surface area contributed by atoms with E-state index in [4.69, 9.17) is 0 Å². The molecule has 0 aliphatic carbocycles. The highest BCUT2D eigenvalue weighted by atomic mass is 79.9. The molecule has 18 heavy (non-hydrogen) atoms. The molecular weight excluding hydrogens is 383 g/mol. The third-order valence-corrected chi connectivity index (χ3v) is 2.99. The summed E-state index contributed by atoms with van der Waals surface area (Å²) in [4.78, 5) is 14.6. The SMILES string of the molecule is O=C1OC(C(F)(F)F)N=C1c1cc(Br)cc(Br)c1. The van der Waals surface area contributed by atoms with Crippen LogP contribution in [0, 0.1) is 0 Å². The number of hydrogen-bond acceptors (Lipinski definition) is 3. The van der Waals surface area contributed by atoms with Gasteiger partial charge in [-0.1, -0.05) is 31.9 Å². The summed E-state index contributed by atoms with van der Waals surface area (Å²) in [5.74, 6) is -1.08. The zero-order valence-electron chi connectivity index (χ0n) is 8.46. The molecule has 0 N–H and O–H groups in total. The Balaban J connectivity index is 2.41. The van der Waals surface area contributed by atoms with E-state index >= 15 is 0 Å². The predicted octanol–water partition coefficient (Wildman–Crippen LogP) is 3.45. The lowest BCUT2D eigenvalue weighted by atomic mass is 10.1. The zero-order chi connectivity index (χ0) is 13.5. The maximum Gasteiger partial charge on any atom is 0.447 e. The number of rotatable bonds is 1. The van der Waals surface area contributed by atoms with E-state index in [2.05, 4.69) is 41.6 Å².